The number of sulfone groups is 1. The number of hydrogen-bond donors (Lipinski definition) is 1. The minimum Gasteiger partial charge on any atom is -0.374 e. The van der Waals surface area contributed by atoms with E-state index in [1.165, 1.54) is 11.8 Å². The van der Waals surface area contributed by atoms with Gasteiger partial charge in [0, 0.05) is 36.6 Å². The van der Waals surface area contributed by atoms with Crippen LogP contribution in [0, 0.1) is 0 Å². The molecule has 0 amide bonds. The van der Waals surface area contributed by atoms with Gasteiger partial charge in [0.2, 0.25) is 0 Å². The molecule has 0 radical (unpaired) electrons. The van der Waals surface area contributed by atoms with Crippen molar-refractivity contribution < 1.29 is 8.42 Å². The summed E-state index contributed by atoms with van der Waals surface area (Å²) in [5.74, 6) is 0.168. The van der Waals surface area contributed by atoms with E-state index < -0.39 is 9.84 Å². The normalized spacial score (nSPS) is 11.6. The Bertz CT molecular complexity index is 532. The second kappa shape index (κ2) is 8.00. The molecule has 0 bridgehead atoms. The van der Waals surface area contributed by atoms with Gasteiger partial charge in [-0.15, -0.1) is 0 Å². The lowest BCUT2D eigenvalue weighted by Gasteiger charge is -2.20. The van der Waals surface area contributed by atoms with Gasteiger partial charge in [0.1, 0.15) is 9.84 Å². The van der Waals surface area contributed by atoms with Crippen molar-refractivity contribution in [3.63, 3.8) is 0 Å². The second-order valence-electron chi connectivity index (χ2n) is 5.00. The van der Waals surface area contributed by atoms with E-state index in [0.29, 0.717) is 6.54 Å². The predicted molar refractivity (Wildman–Crippen MR) is 89.1 cm³/mol. The van der Waals surface area contributed by atoms with Crippen molar-refractivity contribution >= 4 is 31.5 Å². The average Bonchev–Trinajstić information content (AvgIpc) is 2.37. The van der Waals surface area contributed by atoms with E-state index in [9.17, 15) is 8.42 Å². The highest BCUT2D eigenvalue weighted by Gasteiger charge is 2.08. The van der Waals surface area contributed by atoms with E-state index in [1.807, 2.05) is 24.1 Å². The van der Waals surface area contributed by atoms with Crippen LogP contribution in [0.15, 0.2) is 22.7 Å². The van der Waals surface area contributed by atoms with Gasteiger partial charge >= 0.3 is 0 Å². The van der Waals surface area contributed by atoms with Crippen LogP contribution in [0.25, 0.3) is 0 Å². The molecule has 4 nitrogen and oxygen atoms in total. The fourth-order valence-electron chi connectivity index (χ4n) is 1.75. The van der Waals surface area contributed by atoms with E-state index in [-0.39, 0.29) is 5.75 Å². The summed E-state index contributed by atoms with van der Waals surface area (Å²) in [5, 5.41) is 3.36. The van der Waals surface area contributed by atoms with E-state index in [2.05, 4.69) is 34.2 Å². The van der Waals surface area contributed by atoms with Gasteiger partial charge in [-0.1, -0.05) is 28.9 Å². The minimum absolute atomic E-state index is 0.168. The van der Waals surface area contributed by atoms with Crippen molar-refractivity contribution in [3.8, 4) is 0 Å². The van der Waals surface area contributed by atoms with Crippen LogP contribution in [0.5, 0.6) is 0 Å². The van der Waals surface area contributed by atoms with Crippen LogP contribution in [0.3, 0.4) is 0 Å². The third-order valence-electron chi connectivity index (χ3n) is 3.02. The standard InChI is InChI=1S/C14H23BrN2O2S/c1-4-7-16-11-12-5-6-13(10-14(12)15)17(2)8-9-20(3,18)19/h5-6,10,16H,4,7-9,11H2,1-3H3. The van der Waals surface area contributed by atoms with Crippen molar-refractivity contribution in [2.75, 3.05) is 37.0 Å². The highest BCUT2D eigenvalue weighted by Crippen LogP contribution is 2.23. The Morgan fingerprint density at radius 2 is 2.05 bits per heavy atom. The number of halogens is 1. The van der Waals surface area contributed by atoms with Crippen molar-refractivity contribution in [1.29, 1.82) is 0 Å². The fraction of sp³-hybridized carbons (Fsp3) is 0.571. The molecule has 0 aliphatic carbocycles. The highest BCUT2D eigenvalue weighted by atomic mass is 79.9. The smallest absolute Gasteiger partial charge is 0.149 e. The molecule has 114 valence electrons. The van der Waals surface area contributed by atoms with Crippen LogP contribution in [0.2, 0.25) is 0 Å². The first kappa shape index (κ1) is 17.5. The summed E-state index contributed by atoms with van der Waals surface area (Å²) in [6.07, 6.45) is 2.38. The molecule has 1 aromatic rings. The quantitative estimate of drug-likeness (QED) is 0.721. The first-order chi connectivity index (χ1) is 9.33. The summed E-state index contributed by atoms with van der Waals surface area (Å²) >= 11 is 3.57. The van der Waals surface area contributed by atoms with Gasteiger partial charge in [0.25, 0.3) is 0 Å². The molecule has 0 aliphatic rings. The molecule has 0 aliphatic heterocycles. The van der Waals surface area contributed by atoms with Crippen LogP contribution >= 0.6 is 15.9 Å². The Hall–Kier alpha value is -0.590. The van der Waals surface area contributed by atoms with Crippen molar-refractivity contribution in [2.45, 2.75) is 19.9 Å². The molecule has 1 rings (SSSR count). The number of rotatable bonds is 8. The Morgan fingerprint density at radius 1 is 1.35 bits per heavy atom. The van der Waals surface area contributed by atoms with Crippen LogP contribution in [-0.4, -0.2) is 40.6 Å². The molecule has 0 saturated heterocycles. The lowest BCUT2D eigenvalue weighted by Crippen LogP contribution is -2.25. The zero-order valence-electron chi connectivity index (χ0n) is 12.3. The zero-order valence-corrected chi connectivity index (χ0v) is 14.7. The van der Waals surface area contributed by atoms with Gasteiger partial charge in [-0.25, -0.2) is 8.42 Å². The SMILES string of the molecule is CCCNCc1ccc(N(C)CCS(C)(=O)=O)cc1Br. The molecular formula is C14H23BrN2O2S. The summed E-state index contributed by atoms with van der Waals surface area (Å²) in [7, 11) is -1.02. The topological polar surface area (TPSA) is 49.4 Å². The van der Waals surface area contributed by atoms with Crippen LogP contribution < -0.4 is 10.2 Å². The second-order valence-corrected chi connectivity index (χ2v) is 8.12. The first-order valence-corrected chi connectivity index (χ1v) is 9.57. The lowest BCUT2D eigenvalue weighted by molar-refractivity contribution is 0.601. The van der Waals surface area contributed by atoms with Gasteiger partial charge < -0.3 is 10.2 Å². The van der Waals surface area contributed by atoms with E-state index >= 15 is 0 Å². The molecule has 0 heterocycles. The Morgan fingerprint density at radius 3 is 2.60 bits per heavy atom. The molecule has 0 spiro atoms. The average molecular weight is 363 g/mol. The van der Waals surface area contributed by atoms with Crippen LogP contribution in [0.4, 0.5) is 5.69 Å². The van der Waals surface area contributed by atoms with Crippen molar-refractivity contribution in [3.05, 3.63) is 28.2 Å². The summed E-state index contributed by atoms with van der Waals surface area (Å²) < 4.78 is 23.4. The molecule has 1 aromatic carbocycles. The number of nitrogens with one attached hydrogen (secondary N) is 1. The number of anilines is 1. The Kier molecular flexibility index (Phi) is 6.99. The van der Waals surface area contributed by atoms with Gasteiger partial charge in [-0.3, -0.25) is 0 Å². The summed E-state index contributed by atoms with van der Waals surface area (Å²) in [6, 6.07) is 6.13. The number of nitrogens with zero attached hydrogens (tertiary/aromatic N) is 1. The van der Waals surface area contributed by atoms with Gasteiger partial charge in [0.15, 0.2) is 0 Å². The maximum Gasteiger partial charge on any atom is 0.149 e. The Labute approximate surface area is 130 Å². The molecule has 0 saturated carbocycles. The molecule has 0 unspecified atom stereocenters. The molecule has 0 atom stereocenters. The molecular weight excluding hydrogens is 340 g/mol. The third kappa shape index (κ3) is 6.24. The molecule has 0 aromatic heterocycles. The lowest BCUT2D eigenvalue weighted by atomic mass is 10.2. The molecule has 20 heavy (non-hydrogen) atoms. The Balaban J connectivity index is 2.66. The van der Waals surface area contributed by atoms with Crippen LogP contribution in [-0.2, 0) is 16.4 Å². The minimum atomic E-state index is -2.92. The highest BCUT2D eigenvalue weighted by molar-refractivity contribution is 9.10. The van der Waals surface area contributed by atoms with Gasteiger partial charge in [-0.2, -0.15) is 0 Å². The third-order valence-corrected chi connectivity index (χ3v) is 4.68. The monoisotopic (exact) mass is 362 g/mol. The van der Waals surface area contributed by atoms with E-state index in [0.717, 1.165) is 29.7 Å². The maximum atomic E-state index is 11.2. The largest absolute Gasteiger partial charge is 0.374 e. The van der Waals surface area contributed by atoms with Gasteiger partial charge in [-0.05, 0) is 30.7 Å². The van der Waals surface area contributed by atoms with Crippen LogP contribution in [0.1, 0.15) is 18.9 Å². The van der Waals surface area contributed by atoms with Gasteiger partial charge in [0.05, 0.1) is 5.75 Å². The van der Waals surface area contributed by atoms with Crippen molar-refractivity contribution in [1.82, 2.24) is 5.32 Å². The van der Waals surface area contributed by atoms with E-state index in [4.69, 9.17) is 0 Å². The van der Waals surface area contributed by atoms with Crippen molar-refractivity contribution in [2.24, 2.45) is 0 Å². The zero-order chi connectivity index (χ0) is 15.2. The number of hydrogen-bond acceptors (Lipinski definition) is 4. The molecule has 1 N–H and O–H groups in total. The number of benzene rings is 1. The predicted octanol–water partition coefficient (Wildman–Crippen LogP) is 2.43. The maximum absolute atomic E-state index is 11.2. The molecule has 6 heteroatoms. The van der Waals surface area contributed by atoms with E-state index in [1.54, 1.807) is 0 Å². The summed E-state index contributed by atoms with van der Waals surface area (Å²) in [4.78, 5) is 1.95. The summed E-state index contributed by atoms with van der Waals surface area (Å²) in [6.45, 7) is 4.48. The fourth-order valence-corrected chi connectivity index (χ4v) is 2.86. The molecule has 0 fully saturated rings. The summed E-state index contributed by atoms with van der Waals surface area (Å²) in [5.41, 5.74) is 2.22. The first-order valence-electron chi connectivity index (χ1n) is 6.71.